The summed E-state index contributed by atoms with van der Waals surface area (Å²) in [5, 5.41) is 0. The van der Waals surface area contributed by atoms with E-state index in [0.29, 0.717) is 6.42 Å². The Balaban J connectivity index is 4.68. The Morgan fingerprint density at radius 1 is 1.45 bits per heavy atom. The Morgan fingerprint density at radius 2 is 1.91 bits per heavy atom. The van der Waals surface area contributed by atoms with Gasteiger partial charge in [-0.3, -0.25) is 4.79 Å². The van der Waals surface area contributed by atoms with E-state index in [2.05, 4.69) is 0 Å². The van der Waals surface area contributed by atoms with E-state index >= 15 is 0 Å². The van der Waals surface area contributed by atoms with Gasteiger partial charge < -0.3 is 0 Å². The first-order valence-electron chi connectivity index (χ1n) is 3.26. The van der Waals surface area contributed by atoms with Crippen molar-refractivity contribution in [1.82, 2.24) is 4.72 Å². The first-order chi connectivity index (χ1) is 4.87. The van der Waals surface area contributed by atoms with Crippen LogP contribution in [0.25, 0.3) is 0 Å². The molecule has 1 amide bonds. The van der Waals surface area contributed by atoms with Crippen LogP contribution in [0.2, 0.25) is 0 Å². The predicted molar refractivity (Wildman–Crippen MR) is 42.1 cm³/mol. The van der Waals surface area contributed by atoms with Crippen LogP contribution in [-0.4, -0.2) is 19.6 Å². The molecule has 11 heavy (non-hydrogen) atoms. The molecule has 0 bridgehead atoms. The first-order valence-corrected chi connectivity index (χ1v) is 4.74. The van der Waals surface area contributed by atoms with Gasteiger partial charge in [0, 0.05) is 0 Å². The molecule has 0 aromatic heterocycles. The van der Waals surface area contributed by atoms with Crippen molar-refractivity contribution in [1.29, 1.82) is 0 Å². The summed E-state index contributed by atoms with van der Waals surface area (Å²) < 4.78 is 23.0. The zero-order valence-corrected chi connectivity index (χ0v) is 7.66. The molecule has 0 heterocycles. The number of hydrogen-bond acceptors (Lipinski definition) is 3. The molecule has 0 spiro atoms. The standard InChI is InChI=1S/C6H12NO3S/c1-4-6(2,3)11(9,10)7-5-8/h4H2,1-3H3,(H,7,8). The lowest BCUT2D eigenvalue weighted by Gasteiger charge is -2.20. The zero-order valence-electron chi connectivity index (χ0n) is 6.84. The smallest absolute Gasteiger partial charge is 0.263 e. The van der Waals surface area contributed by atoms with Crippen molar-refractivity contribution in [2.24, 2.45) is 0 Å². The summed E-state index contributed by atoms with van der Waals surface area (Å²) in [7, 11) is -3.53. The second-order valence-corrected chi connectivity index (χ2v) is 5.14. The molecular weight excluding hydrogens is 166 g/mol. The molecule has 0 unspecified atom stereocenters. The van der Waals surface area contributed by atoms with Crippen LogP contribution in [0.15, 0.2) is 0 Å². The Kier molecular flexibility index (Phi) is 3.04. The largest absolute Gasteiger partial charge is 0.323 e. The van der Waals surface area contributed by atoms with Crippen LogP contribution in [0, 0.1) is 0 Å². The Morgan fingerprint density at radius 3 is 2.18 bits per heavy atom. The van der Waals surface area contributed by atoms with Crippen LogP contribution in [-0.2, 0) is 14.8 Å². The highest BCUT2D eigenvalue weighted by Crippen LogP contribution is 2.17. The van der Waals surface area contributed by atoms with Crippen LogP contribution < -0.4 is 4.72 Å². The van der Waals surface area contributed by atoms with Gasteiger partial charge in [-0.15, -0.1) is 0 Å². The summed E-state index contributed by atoms with van der Waals surface area (Å²) in [6.07, 6.45) is 1.61. The Hall–Kier alpha value is -0.580. The van der Waals surface area contributed by atoms with Crippen LogP contribution in [0.1, 0.15) is 27.2 Å². The molecular formula is C6H12NO3S. The van der Waals surface area contributed by atoms with Crippen molar-refractivity contribution in [3.05, 3.63) is 0 Å². The van der Waals surface area contributed by atoms with E-state index in [9.17, 15) is 13.2 Å². The van der Waals surface area contributed by atoms with E-state index in [1.165, 1.54) is 0 Å². The number of carbonyl (C=O) groups excluding carboxylic acids is 1. The van der Waals surface area contributed by atoms with Gasteiger partial charge >= 0.3 is 6.41 Å². The summed E-state index contributed by atoms with van der Waals surface area (Å²) >= 11 is 0. The van der Waals surface area contributed by atoms with E-state index in [-0.39, 0.29) is 0 Å². The molecule has 0 aromatic rings. The number of nitrogens with one attached hydrogen (secondary N) is 1. The molecule has 0 aliphatic rings. The minimum atomic E-state index is -3.53. The van der Waals surface area contributed by atoms with Crippen molar-refractivity contribution in [2.45, 2.75) is 31.9 Å². The molecule has 0 aliphatic heterocycles. The van der Waals surface area contributed by atoms with Crippen LogP contribution in [0.3, 0.4) is 0 Å². The molecule has 1 radical (unpaired) electrons. The van der Waals surface area contributed by atoms with E-state index in [0.717, 1.165) is 6.41 Å². The maximum atomic E-state index is 11.1. The maximum absolute atomic E-state index is 11.1. The minimum Gasteiger partial charge on any atom is -0.263 e. The summed E-state index contributed by atoms with van der Waals surface area (Å²) in [4.78, 5) is 9.77. The van der Waals surface area contributed by atoms with Gasteiger partial charge in [0.15, 0.2) is 0 Å². The van der Waals surface area contributed by atoms with E-state index < -0.39 is 14.8 Å². The molecule has 0 atom stereocenters. The van der Waals surface area contributed by atoms with Gasteiger partial charge in [0.1, 0.15) is 0 Å². The van der Waals surface area contributed by atoms with Crippen molar-refractivity contribution in [3.8, 4) is 0 Å². The zero-order chi connectivity index (χ0) is 9.12. The van der Waals surface area contributed by atoms with E-state index in [1.807, 2.05) is 0 Å². The molecule has 5 heteroatoms. The van der Waals surface area contributed by atoms with Crippen molar-refractivity contribution < 1.29 is 13.2 Å². The third-order valence-electron chi connectivity index (χ3n) is 1.75. The predicted octanol–water partition coefficient (Wildman–Crippen LogP) is 0.162. The average molecular weight is 178 g/mol. The molecule has 0 aromatic carbocycles. The number of hydrogen-bond donors (Lipinski definition) is 1. The highest BCUT2D eigenvalue weighted by molar-refractivity contribution is 7.91. The summed E-state index contributed by atoms with van der Waals surface area (Å²) in [5.74, 6) is 0. The third kappa shape index (κ3) is 2.18. The fraction of sp³-hybridized carbons (Fsp3) is 0.833. The molecule has 0 saturated heterocycles. The van der Waals surface area contributed by atoms with E-state index in [1.54, 1.807) is 25.5 Å². The number of amides is 1. The quantitative estimate of drug-likeness (QED) is 0.624. The lowest BCUT2D eigenvalue weighted by atomic mass is 10.1. The molecule has 0 rings (SSSR count). The Bertz CT molecular complexity index is 230. The topological polar surface area (TPSA) is 63.2 Å². The van der Waals surface area contributed by atoms with Gasteiger partial charge in [-0.05, 0) is 20.3 Å². The fourth-order valence-corrected chi connectivity index (χ4v) is 1.15. The third-order valence-corrected chi connectivity index (χ3v) is 3.85. The van der Waals surface area contributed by atoms with Gasteiger partial charge in [-0.1, -0.05) is 6.92 Å². The van der Waals surface area contributed by atoms with Crippen molar-refractivity contribution >= 4 is 16.4 Å². The van der Waals surface area contributed by atoms with Crippen molar-refractivity contribution in [2.75, 3.05) is 0 Å². The highest BCUT2D eigenvalue weighted by atomic mass is 32.2. The molecule has 0 fully saturated rings. The molecule has 65 valence electrons. The highest BCUT2D eigenvalue weighted by Gasteiger charge is 2.31. The van der Waals surface area contributed by atoms with Gasteiger partial charge in [0.2, 0.25) is 10.0 Å². The molecule has 0 aliphatic carbocycles. The second-order valence-electron chi connectivity index (χ2n) is 2.82. The second kappa shape index (κ2) is 3.21. The van der Waals surface area contributed by atoms with Crippen LogP contribution in [0.5, 0.6) is 0 Å². The lowest BCUT2D eigenvalue weighted by molar-refractivity contribution is 0.523. The molecule has 4 nitrogen and oxygen atoms in total. The Labute approximate surface area is 67.0 Å². The minimum absolute atomic E-state index is 0.448. The van der Waals surface area contributed by atoms with Crippen LogP contribution in [0.4, 0.5) is 0 Å². The number of sulfonamides is 1. The average Bonchev–Trinajstić information content (AvgIpc) is 1.87. The molecule has 0 saturated carbocycles. The maximum Gasteiger partial charge on any atom is 0.323 e. The fourth-order valence-electron chi connectivity index (χ4n) is 0.383. The molecule has 1 N–H and O–H groups in total. The van der Waals surface area contributed by atoms with Crippen LogP contribution >= 0.6 is 0 Å². The van der Waals surface area contributed by atoms with Gasteiger partial charge in [-0.2, -0.15) is 0 Å². The normalized spacial score (nSPS) is 12.6. The van der Waals surface area contributed by atoms with Gasteiger partial charge in [-0.25, -0.2) is 13.1 Å². The lowest BCUT2D eigenvalue weighted by Crippen LogP contribution is -2.40. The first kappa shape index (κ1) is 10.4. The summed E-state index contributed by atoms with van der Waals surface area (Å²) in [6, 6.07) is 0. The monoisotopic (exact) mass is 178 g/mol. The van der Waals surface area contributed by atoms with Gasteiger partial charge in [0.25, 0.3) is 0 Å². The summed E-state index contributed by atoms with van der Waals surface area (Å²) in [6.45, 7) is 4.84. The van der Waals surface area contributed by atoms with Gasteiger partial charge in [0.05, 0.1) is 4.75 Å². The van der Waals surface area contributed by atoms with E-state index in [4.69, 9.17) is 0 Å². The summed E-state index contributed by atoms with van der Waals surface area (Å²) in [5.41, 5.74) is 0. The SMILES string of the molecule is CCC(C)(C)S(=O)(=O)N[C]=O. The number of rotatable bonds is 4. The van der Waals surface area contributed by atoms with Crippen molar-refractivity contribution in [3.63, 3.8) is 0 Å².